The van der Waals surface area contributed by atoms with E-state index in [2.05, 4.69) is 36.9 Å². The molecule has 0 aromatic heterocycles. The Morgan fingerprint density at radius 3 is 2.83 bits per heavy atom. The van der Waals surface area contributed by atoms with Crippen molar-refractivity contribution in [1.82, 2.24) is 4.90 Å². The van der Waals surface area contributed by atoms with Crippen molar-refractivity contribution < 1.29 is 0 Å². The Hall–Kier alpha value is -1.02. The maximum Gasteiger partial charge on any atom is 0.0356 e. The van der Waals surface area contributed by atoms with E-state index >= 15 is 0 Å². The lowest BCUT2D eigenvalue weighted by molar-refractivity contribution is 0.0768. The molecule has 1 aliphatic heterocycles. The van der Waals surface area contributed by atoms with E-state index in [-0.39, 0.29) is 0 Å². The van der Waals surface area contributed by atoms with Gasteiger partial charge in [-0.25, -0.2) is 0 Å². The van der Waals surface area contributed by atoms with Crippen LogP contribution in [-0.4, -0.2) is 17.5 Å². The van der Waals surface area contributed by atoms with Crippen LogP contribution in [0.15, 0.2) is 18.2 Å². The number of hydrogen-bond donors (Lipinski definition) is 1. The van der Waals surface area contributed by atoms with Crippen LogP contribution in [0.3, 0.4) is 0 Å². The van der Waals surface area contributed by atoms with Gasteiger partial charge in [0.1, 0.15) is 0 Å². The third-order valence-corrected chi connectivity index (χ3v) is 4.78. The highest BCUT2D eigenvalue weighted by atomic mass is 15.2. The molecule has 1 aliphatic carbocycles. The van der Waals surface area contributed by atoms with Crippen molar-refractivity contribution in [3.8, 4) is 0 Å². The maximum absolute atomic E-state index is 5.89. The standard InChI is InChI=1S/C16H24N2/c1-11-3-4-12(2)18(10-11)16-8-5-13-9-14(17)6-7-15(13)16/h6-7,9,11-12,16H,3-5,8,10,17H2,1-2H3. The molecule has 0 bridgehead atoms. The highest BCUT2D eigenvalue weighted by molar-refractivity contribution is 5.47. The molecule has 18 heavy (non-hydrogen) atoms. The number of anilines is 1. The second kappa shape index (κ2) is 4.58. The van der Waals surface area contributed by atoms with Gasteiger partial charge in [0.05, 0.1) is 0 Å². The molecule has 3 rings (SSSR count). The van der Waals surface area contributed by atoms with Crippen molar-refractivity contribution in [2.45, 2.75) is 51.6 Å². The Morgan fingerprint density at radius 2 is 2.00 bits per heavy atom. The zero-order valence-corrected chi connectivity index (χ0v) is 11.5. The fraction of sp³-hybridized carbons (Fsp3) is 0.625. The number of nitrogens with two attached hydrogens (primary N) is 1. The first kappa shape index (κ1) is 12.0. The molecule has 2 N–H and O–H groups in total. The van der Waals surface area contributed by atoms with Crippen LogP contribution in [0.25, 0.3) is 0 Å². The molecule has 1 saturated heterocycles. The highest BCUT2D eigenvalue weighted by Gasteiger charge is 2.33. The zero-order chi connectivity index (χ0) is 12.7. The van der Waals surface area contributed by atoms with Crippen molar-refractivity contribution >= 4 is 5.69 Å². The average Bonchev–Trinajstić information content (AvgIpc) is 2.75. The molecular weight excluding hydrogens is 220 g/mol. The van der Waals surface area contributed by atoms with Gasteiger partial charge in [-0.3, -0.25) is 4.90 Å². The van der Waals surface area contributed by atoms with Crippen molar-refractivity contribution in [1.29, 1.82) is 0 Å². The Labute approximate surface area is 110 Å². The lowest BCUT2D eigenvalue weighted by Crippen LogP contribution is -2.42. The predicted molar refractivity (Wildman–Crippen MR) is 76.5 cm³/mol. The molecular formula is C16H24N2. The quantitative estimate of drug-likeness (QED) is 0.767. The Morgan fingerprint density at radius 1 is 1.17 bits per heavy atom. The van der Waals surface area contributed by atoms with Crippen molar-refractivity contribution in [2.24, 2.45) is 5.92 Å². The van der Waals surface area contributed by atoms with E-state index in [4.69, 9.17) is 5.73 Å². The summed E-state index contributed by atoms with van der Waals surface area (Å²) >= 11 is 0. The Balaban J connectivity index is 1.86. The number of nitrogen functional groups attached to an aromatic ring is 1. The van der Waals surface area contributed by atoms with E-state index in [1.165, 1.54) is 43.4 Å². The summed E-state index contributed by atoms with van der Waals surface area (Å²) in [6.45, 7) is 6.04. The smallest absolute Gasteiger partial charge is 0.0356 e. The number of piperidine rings is 1. The van der Waals surface area contributed by atoms with Gasteiger partial charge >= 0.3 is 0 Å². The number of aryl methyl sites for hydroxylation is 1. The molecule has 0 radical (unpaired) electrons. The number of fused-ring (bicyclic) bond motifs is 1. The molecule has 1 heterocycles. The maximum atomic E-state index is 5.89. The first-order valence-corrected chi connectivity index (χ1v) is 7.29. The van der Waals surface area contributed by atoms with Crippen LogP contribution in [0.1, 0.15) is 50.3 Å². The van der Waals surface area contributed by atoms with Gasteiger partial charge in [0.2, 0.25) is 0 Å². The Bertz CT molecular complexity index is 441. The van der Waals surface area contributed by atoms with Gasteiger partial charge in [0, 0.05) is 24.3 Å². The lowest BCUT2D eigenvalue weighted by atomic mass is 9.92. The number of benzene rings is 1. The summed E-state index contributed by atoms with van der Waals surface area (Å²) in [5.74, 6) is 0.846. The third-order valence-electron chi connectivity index (χ3n) is 4.78. The molecule has 0 amide bonds. The first-order chi connectivity index (χ1) is 8.65. The van der Waals surface area contributed by atoms with Crippen LogP contribution in [0, 0.1) is 5.92 Å². The third kappa shape index (κ3) is 2.03. The molecule has 0 spiro atoms. The van der Waals surface area contributed by atoms with Crippen LogP contribution < -0.4 is 5.73 Å². The molecule has 2 aliphatic rings. The summed E-state index contributed by atoms with van der Waals surface area (Å²) in [7, 11) is 0. The van der Waals surface area contributed by atoms with Gasteiger partial charge in [-0.2, -0.15) is 0 Å². The van der Waals surface area contributed by atoms with E-state index < -0.39 is 0 Å². The minimum Gasteiger partial charge on any atom is -0.399 e. The largest absolute Gasteiger partial charge is 0.399 e. The van der Waals surface area contributed by atoms with Crippen LogP contribution in [0.5, 0.6) is 0 Å². The highest BCUT2D eigenvalue weighted by Crippen LogP contribution is 2.40. The van der Waals surface area contributed by atoms with Gasteiger partial charge in [0.25, 0.3) is 0 Å². The summed E-state index contributed by atoms with van der Waals surface area (Å²) in [4.78, 5) is 2.73. The number of likely N-dealkylation sites (tertiary alicyclic amines) is 1. The van der Waals surface area contributed by atoms with Gasteiger partial charge in [-0.05, 0) is 61.8 Å². The molecule has 98 valence electrons. The Kier molecular flexibility index (Phi) is 3.06. The summed E-state index contributed by atoms with van der Waals surface area (Å²) < 4.78 is 0. The van der Waals surface area contributed by atoms with E-state index in [1.807, 2.05) is 0 Å². The topological polar surface area (TPSA) is 29.3 Å². The summed E-state index contributed by atoms with van der Waals surface area (Å²) in [6, 6.07) is 7.87. The number of hydrogen-bond acceptors (Lipinski definition) is 2. The van der Waals surface area contributed by atoms with Crippen LogP contribution in [0.4, 0.5) is 5.69 Å². The minimum absolute atomic E-state index is 0.637. The number of rotatable bonds is 1. The number of nitrogens with zero attached hydrogens (tertiary/aromatic N) is 1. The monoisotopic (exact) mass is 244 g/mol. The summed E-state index contributed by atoms with van der Waals surface area (Å²) in [5, 5.41) is 0. The minimum atomic E-state index is 0.637. The normalized spacial score (nSPS) is 32.4. The van der Waals surface area contributed by atoms with Gasteiger partial charge < -0.3 is 5.73 Å². The second-order valence-electron chi connectivity index (χ2n) is 6.24. The van der Waals surface area contributed by atoms with Gasteiger partial charge in [0.15, 0.2) is 0 Å². The molecule has 2 nitrogen and oxygen atoms in total. The van der Waals surface area contributed by atoms with Gasteiger partial charge in [-0.1, -0.05) is 13.0 Å². The summed E-state index contributed by atoms with van der Waals surface area (Å²) in [6.07, 6.45) is 5.21. The van der Waals surface area contributed by atoms with E-state index in [0.717, 1.165) is 17.6 Å². The molecule has 2 heteroatoms. The van der Waals surface area contributed by atoms with Crippen LogP contribution in [0.2, 0.25) is 0 Å². The van der Waals surface area contributed by atoms with E-state index in [0.29, 0.717) is 6.04 Å². The summed E-state index contributed by atoms with van der Waals surface area (Å²) in [5.41, 5.74) is 9.81. The van der Waals surface area contributed by atoms with Crippen LogP contribution >= 0.6 is 0 Å². The van der Waals surface area contributed by atoms with Gasteiger partial charge in [-0.15, -0.1) is 0 Å². The molecule has 1 aromatic rings. The fourth-order valence-corrected chi connectivity index (χ4v) is 3.72. The molecule has 1 aromatic carbocycles. The molecule has 1 fully saturated rings. The second-order valence-corrected chi connectivity index (χ2v) is 6.24. The lowest BCUT2D eigenvalue weighted by Gasteiger charge is -2.41. The molecule has 3 unspecified atom stereocenters. The molecule has 0 saturated carbocycles. The van der Waals surface area contributed by atoms with Crippen molar-refractivity contribution in [3.63, 3.8) is 0 Å². The van der Waals surface area contributed by atoms with E-state index in [9.17, 15) is 0 Å². The first-order valence-electron chi connectivity index (χ1n) is 7.29. The van der Waals surface area contributed by atoms with Crippen molar-refractivity contribution in [3.05, 3.63) is 29.3 Å². The van der Waals surface area contributed by atoms with E-state index in [1.54, 1.807) is 0 Å². The fourth-order valence-electron chi connectivity index (χ4n) is 3.72. The van der Waals surface area contributed by atoms with Crippen molar-refractivity contribution in [2.75, 3.05) is 12.3 Å². The van der Waals surface area contributed by atoms with Crippen LogP contribution in [-0.2, 0) is 6.42 Å². The SMILES string of the molecule is CC1CCC(C)N(C2CCc3cc(N)ccc32)C1. The molecule has 3 atom stereocenters. The predicted octanol–water partition coefficient (Wildman–Crippen LogP) is 3.38. The zero-order valence-electron chi connectivity index (χ0n) is 11.5. The average molecular weight is 244 g/mol.